The topological polar surface area (TPSA) is 80.9 Å². The minimum atomic E-state index is -0.303. The highest BCUT2D eigenvalue weighted by atomic mass is 79.9. The molecule has 0 aliphatic rings. The highest BCUT2D eigenvalue weighted by molar-refractivity contribution is 9.10. The van der Waals surface area contributed by atoms with Crippen molar-refractivity contribution in [3.63, 3.8) is 0 Å². The van der Waals surface area contributed by atoms with Gasteiger partial charge in [0.05, 0.1) is 11.9 Å². The van der Waals surface area contributed by atoms with Crippen molar-refractivity contribution in [3.8, 4) is 0 Å². The number of anilines is 2. The van der Waals surface area contributed by atoms with Crippen LogP contribution in [0.2, 0.25) is 0 Å². The Labute approximate surface area is 113 Å². The molecule has 2 aromatic rings. The van der Waals surface area contributed by atoms with Gasteiger partial charge in [0.25, 0.3) is 5.91 Å². The van der Waals surface area contributed by atoms with Crippen molar-refractivity contribution in [1.29, 1.82) is 0 Å². The van der Waals surface area contributed by atoms with Crippen molar-refractivity contribution in [2.45, 2.75) is 6.92 Å². The summed E-state index contributed by atoms with van der Waals surface area (Å²) in [6, 6.07) is 5.13. The average Bonchev–Trinajstić information content (AvgIpc) is 2.33. The molecule has 2 heterocycles. The van der Waals surface area contributed by atoms with Crippen molar-refractivity contribution < 1.29 is 4.79 Å². The summed E-state index contributed by atoms with van der Waals surface area (Å²) in [7, 11) is 0. The highest BCUT2D eigenvalue weighted by Gasteiger charge is 2.09. The molecule has 2 aromatic heterocycles. The summed E-state index contributed by atoms with van der Waals surface area (Å²) in [5.74, 6) is 0.182. The maximum absolute atomic E-state index is 11.9. The first-order valence-electron chi connectivity index (χ1n) is 5.21. The minimum Gasteiger partial charge on any atom is -0.397 e. The molecule has 0 unspecified atom stereocenters. The van der Waals surface area contributed by atoms with Crippen LogP contribution < -0.4 is 11.1 Å². The Morgan fingerprint density at radius 2 is 2.11 bits per heavy atom. The Kier molecular flexibility index (Phi) is 3.57. The first-order chi connectivity index (χ1) is 8.56. The number of amides is 1. The molecule has 0 spiro atoms. The van der Waals surface area contributed by atoms with Gasteiger partial charge in [-0.25, -0.2) is 9.97 Å². The predicted octanol–water partition coefficient (Wildman–Crippen LogP) is 2.38. The molecule has 92 valence electrons. The molecule has 1 amide bonds. The standard InChI is InChI=1S/C12H11BrN4O/c1-7-4-9(14)6-16-11(7)17-12(18)10-3-2-8(13)5-15-10/h2-6H,14H2,1H3,(H,16,17,18). The number of pyridine rings is 2. The Hall–Kier alpha value is -1.95. The minimum absolute atomic E-state index is 0.303. The van der Waals surface area contributed by atoms with Gasteiger partial charge in [-0.1, -0.05) is 0 Å². The van der Waals surface area contributed by atoms with Crippen molar-refractivity contribution in [1.82, 2.24) is 9.97 Å². The second kappa shape index (κ2) is 5.14. The fourth-order valence-corrected chi connectivity index (χ4v) is 1.64. The summed E-state index contributed by atoms with van der Waals surface area (Å²) in [6.07, 6.45) is 3.07. The van der Waals surface area contributed by atoms with E-state index in [2.05, 4.69) is 31.2 Å². The molecule has 0 atom stereocenters. The van der Waals surface area contributed by atoms with Crippen LogP contribution in [0.15, 0.2) is 35.1 Å². The van der Waals surface area contributed by atoms with Crippen molar-refractivity contribution >= 4 is 33.3 Å². The second-order valence-corrected chi connectivity index (χ2v) is 4.67. The quantitative estimate of drug-likeness (QED) is 0.892. The molecule has 18 heavy (non-hydrogen) atoms. The van der Waals surface area contributed by atoms with Crippen LogP contribution in [0.25, 0.3) is 0 Å². The Morgan fingerprint density at radius 3 is 2.72 bits per heavy atom. The van der Waals surface area contributed by atoms with Crippen molar-refractivity contribution in [3.05, 3.63) is 46.3 Å². The van der Waals surface area contributed by atoms with E-state index in [9.17, 15) is 4.79 Å². The summed E-state index contributed by atoms with van der Waals surface area (Å²) in [5, 5.41) is 2.69. The lowest BCUT2D eigenvalue weighted by Crippen LogP contribution is -2.15. The van der Waals surface area contributed by atoms with Gasteiger partial charge in [-0.2, -0.15) is 0 Å². The number of nitrogens with one attached hydrogen (secondary N) is 1. The number of hydrogen-bond acceptors (Lipinski definition) is 4. The third-order valence-corrected chi connectivity index (χ3v) is 2.76. The highest BCUT2D eigenvalue weighted by Crippen LogP contribution is 2.15. The fraction of sp³-hybridized carbons (Fsp3) is 0.0833. The number of carbonyl (C=O) groups excluding carboxylic acids is 1. The van der Waals surface area contributed by atoms with Gasteiger partial charge in [0.2, 0.25) is 0 Å². The summed E-state index contributed by atoms with van der Waals surface area (Å²) in [5.41, 5.74) is 7.29. The van der Waals surface area contributed by atoms with Crippen LogP contribution in [-0.2, 0) is 0 Å². The van der Waals surface area contributed by atoms with E-state index in [1.165, 1.54) is 6.20 Å². The molecule has 0 bridgehead atoms. The van der Waals surface area contributed by atoms with E-state index < -0.39 is 0 Å². The zero-order valence-corrected chi connectivity index (χ0v) is 11.2. The van der Waals surface area contributed by atoms with Gasteiger partial charge < -0.3 is 11.1 Å². The van der Waals surface area contributed by atoms with Gasteiger partial charge in [0.15, 0.2) is 0 Å². The second-order valence-electron chi connectivity index (χ2n) is 3.75. The van der Waals surface area contributed by atoms with Crippen LogP contribution in [0.5, 0.6) is 0 Å². The molecule has 6 heteroatoms. The van der Waals surface area contributed by atoms with Gasteiger partial charge in [-0.05, 0) is 46.6 Å². The smallest absolute Gasteiger partial charge is 0.275 e. The van der Waals surface area contributed by atoms with E-state index >= 15 is 0 Å². The summed E-state index contributed by atoms with van der Waals surface area (Å²) >= 11 is 3.26. The summed E-state index contributed by atoms with van der Waals surface area (Å²) in [6.45, 7) is 1.83. The van der Waals surface area contributed by atoms with Crippen LogP contribution in [-0.4, -0.2) is 15.9 Å². The number of aryl methyl sites for hydroxylation is 1. The molecule has 0 aliphatic heterocycles. The first kappa shape index (κ1) is 12.5. The maximum Gasteiger partial charge on any atom is 0.275 e. The van der Waals surface area contributed by atoms with Crippen molar-refractivity contribution in [2.75, 3.05) is 11.1 Å². The van der Waals surface area contributed by atoms with E-state index in [-0.39, 0.29) is 5.91 Å². The number of nitrogens with two attached hydrogens (primary N) is 1. The van der Waals surface area contributed by atoms with E-state index in [0.717, 1.165) is 10.0 Å². The van der Waals surface area contributed by atoms with Crippen LogP contribution in [0, 0.1) is 6.92 Å². The number of aromatic nitrogens is 2. The van der Waals surface area contributed by atoms with Gasteiger partial charge in [0, 0.05) is 10.7 Å². The van der Waals surface area contributed by atoms with Crippen LogP contribution in [0.3, 0.4) is 0 Å². The van der Waals surface area contributed by atoms with E-state index in [1.807, 2.05) is 6.92 Å². The molecule has 0 aliphatic carbocycles. The molecule has 3 N–H and O–H groups in total. The number of hydrogen-bond donors (Lipinski definition) is 2. The van der Waals surface area contributed by atoms with Gasteiger partial charge >= 0.3 is 0 Å². The van der Waals surface area contributed by atoms with E-state index in [4.69, 9.17) is 5.73 Å². The third-order valence-electron chi connectivity index (χ3n) is 2.29. The third kappa shape index (κ3) is 2.84. The number of nitrogen functional groups attached to an aromatic ring is 1. The number of rotatable bonds is 2. The molecule has 5 nitrogen and oxygen atoms in total. The van der Waals surface area contributed by atoms with Gasteiger partial charge in [0.1, 0.15) is 11.5 Å². The lowest BCUT2D eigenvalue weighted by atomic mass is 10.2. The lowest BCUT2D eigenvalue weighted by Gasteiger charge is -2.07. The first-order valence-corrected chi connectivity index (χ1v) is 6.00. The molecular formula is C12H11BrN4O. The normalized spacial score (nSPS) is 10.1. The molecule has 0 radical (unpaired) electrons. The number of carbonyl (C=O) groups is 1. The summed E-state index contributed by atoms with van der Waals surface area (Å²) < 4.78 is 0.820. The Bertz CT molecular complexity index is 583. The average molecular weight is 307 g/mol. The molecule has 0 saturated heterocycles. The Morgan fingerprint density at radius 1 is 1.33 bits per heavy atom. The van der Waals surface area contributed by atoms with Crippen molar-refractivity contribution in [2.24, 2.45) is 0 Å². The number of halogens is 1. The van der Waals surface area contributed by atoms with Gasteiger partial charge in [-0.3, -0.25) is 4.79 Å². The molecule has 0 aromatic carbocycles. The number of nitrogens with zero attached hydrogens (tertiary/aromatic N) is 2. The zero-order valence-electron chi connectivity index (χ0n) is 9.64. The maximum atomic E-state index is 11.9. The molecule has 0 saturated carbocycles. The van der Waals surface area contributed by atoms with Crippen LogP contribution >= 0.6 is 15.9 Å². The SMILES string of the molecule is Cc1cc(N)cnc1NC(=O)c1ccc(Br)cn1. The van der Waals surface area contributed by atoms with E-state index in [1.54, 1.807) is 24.4 Å². The fourth-order valence-electron chi connectivity index (χ4n) is 1.41. The molecular weight excluding hydrogens is 296 g/mol. The monoisotopic (exact) mass is 306 g/mol. The molecule has 2 rings (SSSR count). The lowest BCUT2D eigenvalue weighted by molar-refractivity contribution is 0.102. The van der Waals surface area contributed by atoms with E-state index in [0.29, 0.717) is 17.2 Å². The zero-order chi connectivity index (χ0) is 13.1. The van der Waals surface area contributed by atoms with Gasteiger partial charge in [-0.15, -0.1) is 0 Å². The van der Waals surface area contributed by atoms with Crippen LogP contribution in [0.4, 0.5) is 11.5 Å². The Balaban J connectivity index is 2.18. The summed E-state index contributed by atoms with van der Waals surface area (Å²) in [4.78, 5) is 20.0. The largest absolute Gasteiger partial charge is 0.397 e. The predicted molar refractivity (Wildman–Crippen MR) is 73.3 cm³/mol. The van der Waals surface area contributed by atoms with Crippen LogP contribution in [0.1, 0.15) is 16.1 Å². The molecule has 0 fully saturated rings.